The number of aromatic nitrogens is 1. The lowest BCUT2D eigenvalue weighted by Gasteiger charge is -2.24. The van der Waals surface area contributed by atoms with Crippen molar-refractivity contribution in [2.75, 3.05) is 6.54 Å². The van der Waals surface area contributed by atoms with Gasteiger partial charge in [-0.05, 0) is 38.1 Å². The van der Waals surface area contributed by atoms with E-state index in [0.717, 1.165) is 11.6 Å². The maximum Gasteiger partial charge on any atom is 0.152 e. The summed E-state index contributed by atoms with van der Waals surface area (Å²) in [5.74, 6) is -0.798. The van der Waals surface area contributed by atoms with E-state index in [-0.39, 0.29) is 5.52 Å². The first-order valence-electron chi connectivity index (χ1n) is 8.12. The van der Waals surface area contributed by atoms with Gasteiger partial charge >= 0.3 is 0 Å². The molecule has 0 aliphatic carbocycles. The molecule has 0 amide bonds. The average molecular weight is 373 g/mol. The van der Waals surface area contributed by atoms with Crippen molar-refractivity contribution in [3.05, 3.63) is 70.4 Å². The first-order chi connectivity index (χ1) is 12.3. The van der Waals surface area contributed by atoms with E-state index in [4.69, 9.17) is 16.3 Å². The van der Waals surface area contributed by atoms with Gasteiger partial charge in [0.25, 0.3) is 0 Å². The molecule has 0 unspecified atom stereocenters. The van der Waals surface area contributed by atoms with E-state index >= 15 is 0 Å². The molecule has 3 aromatic rings. The summed E-state index contributed by atoms with van der Waals surface area (Å²) >= 11 is 6.34. The third kappa shape index (κ3) is 2.92. The van der Waals surface area contributed by atoms with Gasteiger partial charge in [0, 0.05) is 28.8 Å². The van der Waals surface area contributed by atoms with E-state index < -0.39 is 17.2 Å². The van der Waals surface area contributed by atoms with Crippen LogP contribution in [0.25, 0.3) is 10.9 Å². The molecule has 0 saturated heterocycles. The molecule has 3 nitrogen and oxygen atoms in total. The molecule has 0 spiro atoms. The molecule has 0 radical (unpaired) electrons. The summed E-state index contributed by atoms with van der Waals surface area (Å²) in [5, 5.41) is 0.853. The van der Waals surface area contributed by atoms with Gasteiger partial charge in [0.05, 0.1) is 17.3 Å². The summed E-state index contributed by atoms with van der Waals surface area (Å²) in [6.45, 7) is 4.26. The lowest BCUT2D eigenvalue weighted by Crippen LogP contribution is -2.31. The lowest BCUT2D eigenvalue weighted by atomic mass is 10.0. The van der Waals surface area contributed by atoms with Crippen LogP contribution in [0.2, 0.25) is 5.02 Å². The molecule has 1 aliphatic heterocycles. The highest BCUT2D eigenvalue weighted by Crippen LogP contribution is 2.36. The Balaban J connectivity index is 1.94. The largest absolute Gasteiger partial charge is 0.484 e. The molecule has 1 aromatic heterocycles. The van der Waals surface area contributed by atoms with Crippen molar-refractivity contribution in [1.29, 1.82) is 0 Å². The Kier molecular flexibility index (Phi) is 3.92. The van der Waals surface area contributed by atoms with Gasteiger partial charge in [-0.25, -0.2) is 8.78 Å². The number of para-hydroxylation sites is 1. The number of pyridine rings is 1. The fourth-order valence-electron chi connectivity index (χ4n) is 3.01. The van der Waals surface area contributed by atoms with E-state index in [1.807, 2.05) is 26.0 Å². The van der Waals surface area contributed by atoms with E-state index in [9.17, 15) is 8.78 Å². The molecule has 132 valence electrons. The second-order valence-electron chi connectivity index (χ2n) is 6.83. The second-order valence-corrected chi connectivity index (χ2v) is 7.23. The number of halogens is 3. The Bertz CT molecular complexity index is 1060. The third-order valence-electron chi connectivity index (χ3n) is 4.19. The monoisotopic (exact) mass is 372 g/mol. The molecule has 26 heavy (non-hydrogen) atoms. The van der Waals surface area contributed by atoms with Crippen molar-refractivity contribution in [2.24, 2.45) is 4.99 Å². The van der Waals surface area contributed by atoms with E-state index in [1.165, 1.54) is 12.3 Å². The van der Waals surface area contributed by atoms with Crippen molar-refractivity contribution in [3.63, 3.8) is 0 Å². The van der Waals surface area contributed by atoms with Crippen molar-refractivity contribution < 1.29 is 13.5 Å². The van der Waals surface area contributed by atoms with E-state index in [2.05, 4.69) is 9.98 Å². The fraction of sp³-hybridized carbons (Fsp3) is 0.200. The van der Waals surface area contributed by atoms with Gasteiger partial charge < -0.3 is 4.74 Å². The molecule has 1 aliphatic rings. The molecular formula is C20H15ClF2N2O. The molecule has 0 bridgehead atoms. The average Bonchev–Trinajstić information content (AvgIpc) is 2.70. The first kappa shape index (κ1) is 16.9. The van der Waals surface area contributed by atoms with Gasteiger partial charge in [-0.3, -0.25) is 9.98 Å². The number of rotatable bonds is 1. The van der Waals surface area contributed by atoms with Crippen LogP contribution in [0.15, 0.2) is 47.6 Å². The van der Waals surface area contributed by atoms with Gasteiger partial charge in [0.1, 0.15) is 22.7 Å². The summed E-state index contributed by atoms with van der Waals surface area (Å²) in [6, 6.07) is 9.18. The molecule has 6 heteroatoms. The van der Waals surface area contributed by atoms with Crippen molar-refractivity contribution in [1.82, 2.24) is 4.98 Å². The zero-order chi connectivity index (χ0) is 18.5. The topological polar surface area (TPSA) is 34.5 Å². The van der Waals surface area contributed by atoms with Crippen LogP contribution in [-0.2, 0) is 0 Å². The molecular weight excluding hydrogens is 358 g/mol. The Morgan fingerprint density at radius 2 is 1.96 bits per heavy atom. The predicted octanol–water partition coefficient (Wildman–Crippen LogP) is 5.17. The molecule has 0 atom stereocenters. The molecule has 2 aromatic carbocycles. The summed E-state index contributed by atoms with van der Waals surface area (Å²) in [5.41, 5.74) is 1.58. The van der Waals surface area contributed by atoms with Crippen LogP contribution in [0.3, 0.4) is 0 Å². The minimum Gasteiger partial charge on any atom is -0.484 e. The number of hydrogen-bond donors (Lipinski definition) is 0. The standard InChI is InChI=1S/C20H15ClF2N2O/c1-20(2)10-25-17(14-4-3-5-15(21)19(14)26-20)12-6-11-7-13(22)8-16(23)18(11)24-9-12/h3-9H,10H2,1-2H3. The number of fused-ring (bicyclic) bond motifs is 2. The second kappa shape index (κ2) is 6.02. The Labute approximate surface area is 154 Å². The number of aliphatic imine (C=N–C) groups is 1. The highest BCUT2D eigenvalue weighted by atomic mass is 35.5. The van der Waals surface area contributed by atoms with Crippen LogP contribution in [0.4, 0.5) is 8.78 Å². The quantitative estimate of drug-likeness (QED) is 0.590. The molecule has 0 N–H and O–H groups in total. The summed E-state index contributed by atoms with van der Waals surface area (Å²) in [4.78, 5) is 8.85. The normalized spacial score (nSPS) is 15.8. The molecule has 0 fully saturated rings. The van der Waals surface area contributed by atoms with Crippen LogP contribution >= 0.6 is 11.6 Å². The summed E-state index contributed by atoms with van der Waals surface area (Å²) in [7, 11) is 0. The Morgan fingerprint density at radius 3 is 2.77 bits per heavy atom. The maximum absolute atomic E-state index is 13.9. The SMILES string of the molecule is CC1(C)CN=C(c2cnc3c(F)cc(F)cc3c2)c2cccc(Cl)c2O1. The summed E-state index contributed by atoms with van der Waals surface area (Å²) < 4.78 is 33.6. The smallest absolute Gasteiger partial charge is 0.152 e. The summed E-state index contributed by atoms with van der Waals surface area (Å²) in [6.07, 6.45) is 1.53. The van der Waals surface area contributed by atoms with E-state index in [0.29, 0.717) is 34.0 Å². The van der Waals surface area contributed by atoms with Crippen molar-refractivity contribution in [2.45, 2.75) is 19.4 Å². The highest BCUT2D eigenvalue weighted by molar-refractivity contribution is 6.33. The van der Waals surface area contributed by atoms with E-state index in [1.54, 1.807) is 12.1 Å². The van der Waals surface area contributed by atoms with Gasteiger partial charge in [-0.2, -0.15) is 0 Å². The third-order valence-corrected chi connectivity index (χ3v) is 4.49. The number of benzene rings is 2. The molecule has 4 rings (SSSR count). The zero-order valence-corrected chi connectivity index (χ0v) is 14.9. The van der Waals surface area contributed by atoms with Crippen molar-refractivity contribution >= 4 is 28.2 Å². The van der Waals surface area contributed by atoms with Gasteiger partial charge in [-0.15, -0.1) is 0 Å². The van der Waals surface area contributed by atoms with Crippen LogP contribution in [0.5, 0.6) is 5.75 Å². The minimum atomic E-state index is -0.692. The fourth-order valence-corrected chi connectivity index (χ4v) is 3.22. The Morgan fingerprint density at radius 1 is 1.15 bits per heavy atom. The van der Waals surface area contributed by atoms with Crippen LogP contribution < -0.4 is 4.74 Å². The number of nitrogens with zero attached hydrogens (tertiary/aromatic N) is 2. The number of ether oxygens (including phenoxy) is 1. The first-order valence-corrected chi connectivity index (χ1v) is 8.49. The van der Waals surface area contributed by atoms with Crippen LogP contribution in [0, 0.1) is 11.6 Å². The Hall–Kier alpha value is -2.53. The molecule has 2 heterocycles. The van der Waals surface area contributed by atoms with Crippen molar-refractivity contribution in [3.8, 4) is 5.75 Å². The van der Waals surface area contributed by atoms with Gasteiger partial charge in [0.2, 0.25) is 0 Å². The predicted molar refractivity (Wildman–Crippen MR) is 98.3 cm³/mol. The van der Waals surface area contributed by atoms with Gasteiger partial charge in [0.15, 0.2) is 5.82 Å². The van der Waals surface area contributed by atoms with Crippen LogP contribution in [0.1, 0.15) is 25.0 Å². The van der Waals surface area contributed by atoms with Gasteiger partial charge in [-0.1, -0.05) is 17.7 Å². The lowest BCUT2D eigenvalue weighted by molar-refractivity contribution is 0.121. The van der Waals surface area contributed by atoms with Crippen LogP contribution in [-0.4, -0.2) is 22.8 Å². The maximum atomic E-state index is 13.9. The number of hydrogen-bond acceptors (Lipinski definition) is 3. The zero-order valence-electron chi connectivity index (χ0n) is 14.2. The highest BCUT2D eigenvalue weighted by Gasteiger charge is 2.28. The molecule has 0 saturated carbocycles. The minimum absolute atomic E-state index is 0.118.